The molecule has 1 N–H and O–H groups in total. The molecule has 196 valence electrons. The number of nitrogens with zero attached hydrogens (tertiary/aromatic N) is 4. The summed E-state index contributed by atoms with van der Waals surface area (Å²) in [7, 11) is 0. The first-order valence-corrected chi connectivity index (χ1v) is 13.5. The molecule has 2 aliphatic heterocycles. The van der Waals surface area contributed by atoms with Crippen molar-refractivity contribution in [2.24, 2.45) is 5.41 Å². The molecule has 1 aromatic heterocycles. The second kappa shape index (κ2) is 11.9. The minimum absolute atomic E-state index is 0.0271. The van der Waals surface area contributed by atoms with E-state index in [1.807, 2.05) is 48.7 Å². The first-order chi connectivity index (χ1) is 17.4. The van der Waals surface area contributed by atoms with Gasteiger partial charge in [-0.3, -0.25) is 19.2 Å². The molecular weight excluding hydrogens is 454 g/mol. The number of ether oxygens (including phenoxy) is 1. The van der Waals surface area contributed by atoms with E-state index in [-0.39, 0.29) is 17.2 Å². The van der Waals surface area contributed by atoms with E-state index in [0.29, 0.717) is 26.2 Å². The van der Waals surface area contributed by atoms with Gasteiger partial charge in [-0.1, -0.05) is 24.6 Å². The average molecular weight is 496 g/mol. The van der Waals surface area contributed by atoms with Crippen LogP contribution in [-0.2, 0) is 22.6 Å². The summed E-state index contributed by atoms with van der Waals surface area (Å²) in [6.45, 7) is 10.4. The van der Waals surface area contributed by atoms with Crippen molar-refractivity contribution in [3.63, 3.8) is 0 Å². The predicted molar refractivity (Wildman–Crippen MR) is 141 cm³/mol. The lowest BCUT2D eigenvalue weighted by Gasteiger charge is -2.43. The SMILES string of the molecule is CCN1CCOc2ccccc2CCCCC2(CCN(CC(=O)Nc3cn(CC)nc3C)CC2)C1=O. The van der Waals surface area contributed by atoms with E-state index in [2.05, 4.69) is 27.4 Å². The molecule has 3 heterocycles. The zero-order valence-corrected chi connectivity index (χ0v) is 22.1. The number of benzene rings is 1. The Morgan fingerprint density at radius 3 is 2.58 bits per heavy atom. The third kappa shape index (κ3) is 6.09. The number of hydrogen-bond donors (Lipinski definition) is 1. The number of carbonyl (C=O) groups is 2. The number of fused-ring (bicyclic) bond motifs is 1. The van der Waals surface area contributed by atoms with Gasteiger partial charge >= 0.3 is 0 Å². The van der Waals surface area contributed by atoms with Crippen LogP contribution in [0.15, 0.2) is 30.5 Å². The first kappa shape index (κ1) is 26.2. The standard InChI is InChI=1S/C28H41N5O3/c1-4-32-18-19-36-25-12-7-6-10-23(25)11-8-9-13-28(27(32)35)14-16-31(17-15-28)21-26(34)29-24-20-33(5-2)30-22(24)3/h6-7,10,12,20H,4-5,8-9,11,13-19,21H2,1-3H3,(H,29,34). The van der Waals surface area contributed by atoms with Gasteiger partial charge in [0.25, 0.3) is 0 Å². The van der Waals surface area contributed by atoms with E-state index in [4.69, 9.17) is 4.74 Å². The van der Waals surface area contributed by atoms with Crippen LogP contribution in [0.5, 0.6) is 5.75 Å². The number of aromatic nitrogens is 2. The normalized spacial score (nSPS) is 19.2. The molecule has 0 unspecified atom stereocenters. The van der Waals surface area contributed by atoms with Crippen LogP contribution in [0, 0.1) is 12.3 Å². The van der Waals surface area contributed by atoms with Crippen molar-refractivity contribution in [2.45, 2.75) is 65.8 Å². The summed E-state index contributed by atoms with van der Waals surface area (Å²) in [6, 6.07) is 8.26. The van der Waals surface area contributed by atoms with E-state index in [1.54, 1.807) is 0 Å². The minimum atomic E-state index is -0.347. The number of anilines is 1. The van der Waals surface area contributed by atoms with Gasteiger partial charge in [0.1, 0.15) is 12.4 Å². The Balaban J connectivity index is 1.38. The van der Waals surface area contributed by atoms with Crippen LogP contribution in [0.2, 0.25) is 0 Å². The van der Waals surface area contributed by atoms with Crippen molar-refractivity contribution in [1.29, 1.82) is 0 Å². The van der Waals surface area contributed by atoms with Gasteiger partial charge in [-0.05, 0) is 77.6 Å². The summed E-state index contributed by atoms with van der Waals surface area (Å²) in [4.78, 5) is 30.7. The zero-order chi connectivity index (χ0) is 25.5. The third-order valence-corrected chi connectivity index (χ3v) is 7.79. The number of hydrogen-bond acceptors (Lipinski definition) is 5. The van der Waals surface area contributed by atoms with Crippen LogP contribution in [0.1, 0.15) is 57.2 Å². The molecule has 8 nitrogen and oxygen atoms in total. The van der Waals surface area contributed by atoms with E-state index >= 15 is 0 Å². The lowest BCUT2D eigenvalue weighted by Crippen LogP contribution is -2.52. The van der Waals surface area contributed by atoms with Gasteiger partial charge in [0.15, 0.2) is 0 Å². The second-order valence-corrected chi connectivity index (χ2v) is 10.1. The quantitative estimate of drug-likeness (QED) is 0.681. The Labute approximate surface area is 215 Å². The highest BCUT2D eigenvalue weighted by Crippen LogP contribution is 2.39. The molecule has 2 aromatic rings. The van der Waals surface area contributed by atoms with Crippen LogP contribution in [0.25, 0.3) is 0 Å². The molecule has 4 rings (SSSR count). The Morgan fingerprint density at radius 1 is 1.08 bits per heavy atom. The summed E-state index contributed by atoms with van der Waals surface area (Å²) in [6.07, 6.45) is 7.39. The first-order valence-electron chi connectivity index (χ1n) is 13.5. The number of carbonyl (C=O) groups excluding carboxylic acids is 2. The number of piperidine rings is 1. The number of aryl methyl sites for hydroxylation is 3. The van der Waals surface area contributed by atoms with Crippen molar-refractivity contribution in [3.05, 3.63) is 41.7 Å². The van der Waals surface area contributed by atoms with Crippen LogP contribution in [0.4, 0.5) is 5.69 Å². The van der Waals surface area contributed by atoms with Crippen molar-refractivity contribution >= 4 is 17.5 Å². The summed E-state index contributed by atoms with van der Waals surface area (Å²) < 4.78 is 7.92. The van der Waals surface area contributed by atoms with Crippen molar-refractivity contribution < 1.29 is 14.3 Å². The summed E-state index contributed by atoms with van der Waals surface area (Å²) >= 11 is 0. The van der Waals surface area contributed by atoms with Gasteiger partial charge in [0.2, 0.25) is 11.8 Å². The number of nitrogens with one attached hydrogen (secondary N) is 1. The van der Waals surface area contributed by atoms with Crippen LogP contribution < -0.4 is 10.1 Å². The molecule has 0 radical (unpaired) electrons. The number of likely N-dealkylation sites (N-methyl/N-ethyl adjacent to an activating group) is 1. The van der Waals surface area contributed by atoms with Gasteiger partial charge < -0.3 is 15.0 Å². The highest BCUT2D eigenvalue weighted by atomic mass is 16.5. The fraction of sp³-hybridized carbons (Fsp3) is 0.607. The third-order valence-electron chi connectivity index (χ3n) is 7.79. The number of para-hydroxylation sites is 1. The topological polar surface area (TPSA) is 79.7 Å². The Morgan fingerprint density at radius 2 is 1.86 bits per heavy atom. The lowest BCUT2D eigenvalue weighted by atomic mass is 9.73. The molecule has 2 aliphatic rings. The van der Waals surface area contributed by atoms with Crippen LogP contribution >= 0.6 is 0 Å². The van der Waals surface area contributed by atoms with Gasteiger partial charge in [-0.25, -0.2) is 0 Å². The fourth-order valence-electron chi connectivity index (χ4n) is 5.54. The molecule has 1 fully saturated rings. The minimum Gasteiger partial charge on any atom is -0.491 e. The molecule has 0 bridgehead atoms. The Bertz CT molecular complexity index is 1040. The maximum Gasteiger partial charge on any atom is 0.238 e. The average Bonchev–Trinajstić information content (AvgIpc) is 3.24. The predicted octanol–water partition coefficient (Wildman–Crippen LogP) is 3.89. The molecule has 1 saturated heterocycles. The smallest absolute Gasteiger partial charge is 0.238 e. The largest absolute Gasteiger partial charge is 0.491 e. The monoisotopic (exact) mass is 495 g/mol. The van der Waals surface area contributed by atoms with Gasteiger partial charge in [-0.15, -0.1) is 0 Å². The van der Waals surface area contributed by atoms with E-state index in [1.165, 1.54) is 5.56 Å². The molecule has 8 heteroatoms. The Hall–Kier alpha value is -2.87. The number of amides is 2. The van der Waals surface area contributed by atoms with Crippen molar-refractivity contribution in [1.82, 2.24) is 19.6 Å². The van der Waals surface area contributed by atoms with Crippen molar-refractivity contribution in [2.75, 3.05) is 44.6 Å². The van der Waals surface area contributed by atoms with Crippen LogP contribution in [0.3, 0.4) is 0 Å². The summed E-state index contributed by atoms with van der Waals surface area (Å²) in [5, 5.41) is 7.41. The maximum atomic E-state index is 13.8. The molecule has 2 amide bonds. The molecular formula is C28H41N5O3. The van der Waals surface area contributed by atoms with Crippen molar-refractivity contribution in [3.8, 4) is 5.75 Å². The van der Waals surface area contributed by atoms with Crippen LogP contribution in [-0.4, -0.2) is 70.7 Å². The molecule has 1 spiro atoms. The molecule has 0 saturated carbocycles. The zero-order valence-electron chi connectivity index (χ0n) is 22.1. The Kier molecular flexibility index (Phi) is 8.67. The van der Waals surface area contributed by atoms with Gasteiger partial charge in [-0.2, -0.15) is 5.10 Å². The maximum absolute atomic E-state index is 13.8. The molecule has 1 aromatic carbocycles. The lowest BCUT2D eigenvalue weighted by molar-refractivity contribution is -0.146. The summed E-state index contributed by atoms with van der Waals surface area (Å²) in [5.41, 5.74) is 2.50. The number of likely N-dealkylation sites (tertiary alicyclic amines) is 1. The molecule has 36 heavy (non-hydrogen) atoms. The van der Waals surface area contributed by atoms with E-state index in [0.717, 1.165) is 75.3 Å². The number of rotatable bonds is 5. The fourth-order valence-corrected chi connectivity index (χ4v) is 5.54. The highest BCUT2D eigenvalue weighted by molar-refractivity contribution is 5.92. The van der Waals surface area contributed by atoms with Gasteiger partial charge in [0.05, 0.1) is 29.9 Å². The highest BCUT2D eigenvalue weighted by Gasteiger charge is 2.43. The summed E-state index contributed by atoms with van der Waals surface area (Å²) in [5.74, 6) is 1.18. The van der Waals surface area contributed by atoms with Gasteiger partial charge in [0, 0.05) is 19.3 Å². The van der Waals surface area contributed by atoms with E-state index < -0.39 is 0 Å². The molecule has 0 atom stereocenters. The molecule has 0 aliphatic carbocycles. The second-order valence-electron chi connectivity index (χ2n) is 10.1. The van der Waals surface area contributed by atoms with E-state index in [9.17, 15) is 9.59 Å².